The van der Waals surface area contributed by atoms with Crippen molar-refractivity contribution in [2.24, 2.45) is 0 Å². The highest BCUT2D eigenvalue weighted by atomic mass is 35.5. The monoisotopic (exact) mass is 436 g/mol. The van der Waals surface area contributed by atoms with E-state index in [0.29, 0.717) is 17.3 Å². The number of aromatic hydroxyl groups is 1. The van der Waals surface area contributed by atoms with Gasteiger partial charge in [-0.25, -0.2) is 9.36 Å². The van der Waals surface area contributed by atoms with Crippen molar-refractivity contribution in [1.29, 1.82) is 0 Å². The topological polar surface area (TPSA) is 94.1 Å². The third-order valence-corrected chi connectivity index (χ3v) is 6.24. The van der Waals surface area contributed by atoms with Gasteiger partial charge in [-0.2, -0.15) is 0 Å². The summed E-state index contributed by atoms with van der Waals surface area (Å²) in [5.74, 6) is -0.383. The molecule has 5 rings (SSSR count). The molecule has 0 aliphatic carbocycles. The number of hydrogen-bond acceptors (Lipinski definition) is 4. The molecule has 1 atom stereocenters. The Bertz CT molecular complexity index is 1420. The van der Waals surface area contributed by atoms with Crippen molar-refractivity contribution in [3.63, 3.8) is 0 Å². The molecule has 31 heavy (non-hydrogen) atoms. The lowest BCUT2D eigenvalue weighted by molar-refractivity contribution is 0.215. The Morgan fingerprint density at radius 3 is 2.71 bits per heavy atom. The van der Waals surface area contributed by atoms with E-state index >= 15 is 0 Å². The number of benzene rings is 2. The lowest BCUT2D eigenvalue weighted by Crippen LogP contribution is -2.41. The number of para-hydroxylation sites is 1. The van der Waals surface area contributed by atoms with E-state index < -0.39 is 17.3 Å². The van der Waals surface area contributed by atoms with Gasteiger partial charge in [0, 0.05) is 28.2 Å². The molecular formula is C23H21ClN4O3. The summed E-state index contributed by atoms with van der Waals surface area (Å²) in [7, 11) is 0. The van der Waals surface area contributed by atoms with E-state index in [0.717, 1.165) is 39.7 Å². The minimum atomic E-state index is -0.718. The first kappa shape index (κ1) is 19.7. The van der Waals surface area contributed by atoms with Crippen molar-refractivity contribution in [3.8, 4) is 11.6 Å². The van der Waals surface area contributed by atoms with Crippen LogP contribution >= 0.6 is 11.6 Å². The van der Waals surface area contributed by atoms with Crippen LogP contribution in [0.4, 0.5) is 0 Å². The second-order valence-corrected chi connectivity index (χ2v) is 8.09. The molecule has 0 amide bonds. The summed E-state index contributed by atoms with van der Waals surface area (Å²) in [6, 6.07) is 14.1. The minimum absolute atomic E-state index is 0.133. The molecule has 2 aromatic carbocycles. The molecule has 8 heteroatoms. The number of nitrogens with one attached hydrogen (secondary N) is 2. The molecule has 0 bridgehead atoms. The Balaban J connectivity index is 1.79. The van der Waals surface area contributed by atoms with Crippen molar-refractivity contribution < 1.29 is 5.11 Å². The van der Waals surface area contributed by atoms with E-state index in [2.05, 4.69) is 20.9 Å². The van der Waals surface area contributed by atoms with Crippen LogP contribution in [0.5, 0.6) is 5.88 Å². The van der Waals surface area contributed by atoms with Crippen LogP contribution in [0.15, 0.2) is 58.1 Å². The number of nitrogens with zero attached hydrogens (tertiary/aromatic N) is 2. The highest BCUT2D eigenvalue weighted by Gasteiger charge is 2.35. The molecule has 3 heterocycles. The maximum Gasteiger partial charge on any atom is 0.335 e. The number of H-pyrrole nitrogens is 2. The molecule has 1 aliphatic rings. The van der Waals surface area contributed by atoms with Crippen LogP contribution in [0.1, 0.15) is 29.8 Å². The Kier molecular flexibility index (Phi) is 4.72. The van der Waals surface area contributed by atoms with Crippen LogP contribution in [0.25, 0.3) is 16.6 Å². The normalized spacial score (nSPS) is 16.5. The maximum absolute atomic E-state index is 13.0. The van der Waals surface area contributed by atoms with Crippen LogP contribution in [-0.4, -0.2) is 37.6 Å². The standard InChI is InChI=1S/C23H21ClN4O3/c1-2-27-11-10-16-15-8-3-4-9-17(15)25-19(16)20(27)18-21(29)26-23(31)28(22(18)30)14-7-5-6-13(24)12-14/h3-9,12,20,25,30H,2,10-11H2,1H3,(H,26,29,31)/t20-/m0/s1. The van der Waals surface area contributed by atoms with E-state index in [1.807, 2.05) is 25.1 Å². The van der Waals surface area contributed by atoms with Gasteiger partial charge in [0.05, 0.1) is 11.7 Å². The van der Waals surface area contributed by atoms with Crippen molar-refractivity contribution >= 4 is 22.5 Å². The summed E-state index contributed by atoms with van der Waals surface area (Å²) >= 11 is 6.09. The quantitative estimate of drug-likeness (QED) is 0.459. The molecule has 0 radical (unpaired) electrons. The summed E-state index contributed by atoms with van der Waals surface area (Å²) in [4.78, 5) is 33.6. The third kappa shape index (κ3) is 3.08. The average Bonchev–Trinajstić information content (AvgIpc) is 3.12. The highest BCUT2D eigenvalue weighted by molar-refractivity contribution is 6.30. The molecule has 0 saturated heterocycles. The number of halogens is 1. The number of hydrogen-bond donors (Lipinski definition) is 3. The second kappa shape index (κ2) is 7.44. The van der Waals surface area contributed by atoms with Crippen LogP contribution in [-0.2, 0) is 6.42 Å². The van der Waals surface area contributed by atoms with E-state index in [-0.39, 0.29) is 11.4 Å². The first-order valence-electron chi connectivity index (χ1n) is 10.2. The molecule has 0 saturated carbocycles. The first-order chi connectivity index (χ1) is 15.0. The van der Waals surface area contributed by atoms with Crippen molar-refractivity contribution in [3.05, 3.63) is 91.2 Å². The molecule has 1 aliphatic heterocycles. The van der Waals surface area contributed by atoms with E-state index in [4.69, 9.17) is 11.6 Å². The Morgan fingerprint density at radius 1 is 1.13 bits per heavy atom. The van der Waals surface area contributed by atoms with Crippen molar-refractivity contribution in [1.82, 2.24) is 19.4 Å². The van der Waals surface area contributed by atoms with Gasteiger partial charge in [-0.3, -0.25) is 14.7 Å². The summed E-state index contributed by atoms with van der Waals surface area (Å²) in [5.41, 5.74) is 2.17. The molecule has 0 unspecified atom stereocenters. The van der Waals surface area contributed by atoms with Gasteiger partial charge in [-0.15, -0.1) is 0 Å². The minimum Gasteiger partial charge on any atom is -0.494 e. The number of fused-ring (bicyclic) bond motifs is 3. The van der Waals surface area contributed by atoms with Crippen LogP contribution in [0.2, 0.25) is 5.02 Å². The highest BCUT2D eigenvalue weighted by Crippen LogP contribution is 2.39. The molecule has 0 spiro atoms. The first-order valence-corrected chi connectivity index (χ1v) is 10.5. The summed E-state index contributed by atoms with van der Waals surface area (Å²) in [5, 5.41) is 12.7. The number of aromatic amines is 2. The Hall–Kier alpha value is -3.29. The fourth-order valence-corrected chi connectivity index (χ4v) is 4.78. The number of likely N-dealkylation sites (N-methyl/N-ethyl adjacent to an activating group) is 1. The predicted molar refractivity (Wildman–Crippen MR) is 120 cm³/mol. The lowest BCUT2D eigenvalue weighted by atomic mass is 9.93. The van der Waals surface area contributed by atoms with E-state index in [1.165, 1.54) is 0 Å². The van der Waals surface area contributed by atoms with Gasteiger partial charge in [0.15, 0.2) is 0 Å². The van der Waals surface area contributed by atoms with Crippen LogP contribution in [0.3, 0.4) is 0 Å². The molecule has 158 valence electrons. The smallest absolute Gasteiger partial charge is 0.335 e. The molecule has 0 fully saturated rings. The van der Waals surface area contributed by atoms with Gasteiger partial charge in [0.2, 0.25) is 5.88 Å². The van der Waals surface area contributed by atoms with Gasteiger partial charge in [-0.05, 0) is 42.8 Å². The maximum atomic E-state index is 13.0. The SMILES string of the molecule is CCN1CCc2c([nH]c3ccccc23)[C@@H]1c1c(O)n(-c2cccc(Cl)c2)c(=O)[nH]c1=O. The zero-order valence-electron chi connectivity index (χ0n) is 16.9. The largest absolute Gasteiger partial charge is 0.494 e. The van der Waals surface area contributed by atoms with Gasteiger partial charge in [0.1, 0.15) is 5.56 Å². The predicted octanol–water partition coefficient (Wildman–Crippen LogP) is 3.33. The second-order valence-electron chi connectivity index (χ2n) is 7.66. The average molecular weight is 437 g/mol. The summed E-state index contributed by atoms with van der Waals surface area (Å²) in [6.07, 6.45) is 0.830. The molecular weight excluding hydrogens is 416 g/mol. The van der Waals surface area contributed by atoms with Gasteiger partial charge >= 0.3 is 5.69 Å². The zero-order chi connectivity index (χ0) is 21.7. The van der Waals surface area contributed by atoms with Gasteiger partial charge in [-0.1, -0.05) is 42.8 Å². The molecule has 4 aromatic rings. The number of rotatable bonds is 3. The number of aromatic nitrogens is 3. The molecule has 2 aromatic heterocycles. The summed E-state index contributed by atoms with van der Waals surface area (Å²) < 4.78 is 1.09. The van der Waals surface area contributed by atoms with Gasteiger partial charge in [0.25, 0.3) is 5.56 Å². The lowest BCUT2D eigenvalue weighted by Gasteiger charge is -2.35. The van der Waals surface area contributed by atoms with Crippen molar-refractivity contribution in [2.45, 2.75) is 19.4 Å². The Morgan fingerprint density at radius 2 is 1.94 bits per heavy atom. The van der Waals surface area contributed by atoms with E-state index in [9.17, 15) is 14.7 Å². The molecule has 3 N–H and O–H groups in total. The third-order valence-electron chi connectivity index (χ3n) is 6.00. The molecule has 7 nitrogen and oxygen atoms in total. The fourth-order valence-electron chi connectivity index (χ4n) is 4.60. The van der Waals surface area contributed by atoms with E-state index in [1.54, 1.807) is 24.3 Å². The summed E-state index contributed by atoms with van der Waals surface area (Å²) in [6.45, 7) is 3.42. The van der Waals surface area contributed by atoms with Gasteiger partial charge < -0.3 is 10.1 Å². The van der Waals surface area contributed by atoms with Crippen LogP contribution in [0, 0.1) is 0 Å². The Labute approximate surface area is 182 Å². The van der Waals surface area contributed by atoms with Crippen LogP contribution < -0.4 is 11.2 Å². The zero-order valence-corrected chi connectivity index (χ0v) is 17.6. The van der Waals surface area contributed by atoms with Crippen molar-refractivity contribution in [2.75, 3.05) is 13.1 Å². The fraction of sp³-hybridized carbons (Fsp3) is 0.217.